The summed E-state index contributed by atoms with van der Waals surface area (Å²) in [7, 11) is 0. The molecule has 82 valence electrons. The molecule has 2 unspecified atom stereocenters. The molecule has 0 bridgehead atoms. The lowest BCUT2D eigenvalue weighted by molar-refractivity contribution is 0.480. The fourth-order valence-corrected chi connectivity index (χ4v) is 2.75. The first kappa shape index (κ1) is 10.8. The Hall–Kier alpha value is -0.700. The van der Waals surface area contributed by atoms with Gasteiger partial charge < -0.3 is 0 Å². The van der Waals surface area contributed by atoms with Gasteiger partial charge in [0.15, 0.2) is 0 Å². The minimum atomic E-state index is 0.948. The molecule has 0 aliphatic heterocycles. The molecule has 0 aromatic carbocycles. The minimum Gasteiger partial charge on any atom is -0.0985 e. The van der Waals surface area contributed by atoms with Gasteiger partial charge in [0.25, 0.3) is 0 Å². The van der Waals surface area contributed by atoms with Crippen LogP contribution in [0.1, 0.15) is 58.3 Å². The van der Waals surface area contributed by atoms with Crippen molar-refractivity contribution in [2.45, 2.75) is 58.3 Å². The highest BCUT2D eigenvalue weighted by atomic mass is 14.5. The molecule has 0 aromatic rings. The highest BCUT2D eigenvalue weighted by Crippen LogP contribution is 2.54. The van der Waals surface area contributed by atoms with Crippen LogP contribution >= 0.6 is 0 Å². The molecule has 0 heteroatoms. The van der Waals surface area contributed by atoms with E-state index in [9.17, 15) is 0 Å². The SMILES string of the molecule is CCCCCC#CC=C1C2CCCCC12. The zero-order valence-corrected chi connectivity index (χ0v) is 9.89. The van der Waals surface area contributed by atoms with Gasteiger partial charge in [-0.15, -0.1) is 0 Å². The van der Waals surface area contributed by atoms with E-state index < -0.39 is 0 Å². The summed E-state index contributed by atoms with van der Waals surface area (Å²) in [6.45, 7) is 2.24. The number of allylic oxidation sites excluding steroid dienone is 2. The fraction of sp³-hybridized carbons (Fsp3) is 0.733. The second-order valence-corrected chi connectivity index (χ2v) is 4.92. The standard InChI is InChI=1S/C15H22/c1-2-3-4-5-6-7-10-13-14-11-8-9-12-15(13)14/h10,14-15H,2-5,8-9,11-12H2,1H3. The van der Waals surface area contributed by atoms with E-state index in [0.29, 0.717) is 0 Å². The highest BCUT2D eigenvalue weighted by molar-refractivity contribution is 5.36. The first-order chi connectivity index (χ1) is 7.43. The monoisotopic (exact) mass is 202 g/mol. The van der Waals surface area contributed by atoms with Crippen molar-refractivity contribution in [3.63, 3.8) is 0 Å². The molecule has 0 nitrogen and oxygen atoms in total. The summed E-state index contributed by atoms with van der Waals surface area (Å²) >= 11 is 0. The quantitative estimate of drug-likeness (QED) is 0.472. The Balaban J connectivity index is 1.70. The van der Waals surface area contributed by atoms with Gasteiger partial charge in [-0.05, 0) is 37.2 Å². The van der Waals surface area contributed by atoms with Gasteiger partial charge in [-0.3, -0.25) is 0 Å². The summed E-state index contributed by atoms with van der Waals surface area (Å²) < 4.78 is 0. The van der Waals surface area contributed by atoms with Crippen molar-refractivity contribution in [2.24, 2.45) is 11.8 Å². The summed E-state index contributed by atoms with van der Waals surface area (Å²) in [6.07, 6.45) is 13.0. The number of hydrogen-bond donors (Lipinski definition) is 0. The minimum absolute atomic E-state index is 0.948. The van der Waals surface area contributed by atoms with E-state index in [2.05, 4.69) is 24.8 Å². The Morgan fingerprint density at radius 3 is 2.60 bits per heavy atom. The maximum absolute atomic E-state index is 3.27. The molecule has 2 saturated carbocycles. The van der Waals surface area contributed by atoms with E-state index in [1.807, 2.05) is 0 Å². The van der Waals surface area contributed by atoms with Crippen LogP contribution in [0.25, 0.3) is 0 Å². The molecule has 15 heavy (non-hydrogen) atoms. The Morgan fingerprint density at radius 1 is 1.20 bits per heavy atom. The van der Waals surface area contributed by atoms with Crippen molar-refractivity contribution in [3.05, 3.63) is 11.6 Å². The average molecular weight is 202 g/mol. The van der Waals surface area contributed by atoms with Gasteiger partial charge in [-0.1, -0.05) is 50.0 Å². The van der Waals surface area contributed by atoms with Crippen molar-refractivity contribution >= 4 is 0 Å². The normalized spacial score (nSPS) is 27.7. The number of unbranched alkanes of at least 4 members (excludes halogenated alkanes) is 3. The predicted octanol–water partition coefficient (Wildman–Crippen LogP) is 4.32. The van der Waals surface area contributed by atoms with Gasteiger partial charge in [0.1, 0.15) is 0 Å². The highest BCUT2D eigenvalue weighted by Gasteiger charge is 2.44. The van der Waals surface area contributed by atoms with Crippen LogP contribution in [-0.4, -0.2) is 0 Å². The van der Waals surface area contributed by atoms with Crippen LogP contribution in [-0.2, 0) is 0 Å². The third-order valence-electron chi connectivity index (χ3n) is 3.76. The van der Waals surface area contributed by atoms with Crippen LogP contribution in [0.5, 0.6) is 0 Å². The van der Waals surface area contributed by atoms with Crippen molar-refractivity contribution in [3.8, 4) is 11.8 Å². The number of rotatable bonds is 3. The molecule has 0 aromatic heterocycles. The Morgan fingerprint density at radius 2 is 1.93 bits per heavy atom. The van der Waals surface area contributed by atoms with Crippen molar-refractivity contribution in [2.75, 3.05) is 0 Å². The second-order valence-electron chi connectivity index (χ2n) is 4.92. The average Bonchev–Trinajstić information content (AvgIpc) is 2.97. The molecule has 2 aliphatic carbocycles. The summed E-state index contributed by atoms with van der Waals surface area (Å²) in [5.41, 5.74) is 1.68. The lowest BCUT2D eigenvalue weighted by Gasteiger charge is -2.04. The summed E-state index contributed by atoms with van der Waals surface area (Å²) in [4.78, 5) is 0. The van der Waals surface area contributed by atoms with Gasteiger partial charge in [-0.25, -0.2) is 0 Å². The first-order valence-electron chi connectivity index (χ1n) is 6.62. The van der Waals surface area contributed by atoms with Gasteiger partial charge >= 0.3 is 0 Å². The van der Waals surface area contributed by atoms with Gasteiger partial charge in [0.2, 0.25) is 0 Å². The zero-order chi connectivity index (χ0) is 10.5. The largest absolute Gasteiger partial charge is 0.0985 e. The Kier molecular flexibility index (Phi) is 3.89. The van der Waals surface area contributed by atoms with Crippen molar-refractivity contribution in [1.82, 2.24) is 0 Å². The topological polar surface area (TPSA) is 0 Å². The summed E-state index contributed by atoms with van der Waals surface area (Å²) in [5, 5.41) is 0. The molecule has 2 fully saturated rings. The molecule has 0 amide bonds. The van der Waals surface area contributed by atoms with Crippen LogP contribution in [0.2, 0.25) is 0 Å². The first-order valence-corrected chi connectivity index (χ1v) is 6.62. The lowest BCUT2D eigenvalue weighted by Crippen LogP contribution is -1.91. The van der Waals surface area contributed by atoms with Crippen LogP contribution < -0.4 is 0 Å². The van der Waals surface area contributed by atoms with Gasteiger partial charge in [0, 0.05) is 6.42 Å². The zero-order valence-electron chi connectivity index (χ0n) is 9.89. The lowest BCUT2D eigenvalue weighted by atomic mass is 10.0. The van der Waals surface area contributed by atoms with E-state index in [0.717, 1.165) is 18.3 Å². The van der Waals surface area contributed by atoms with E-state index in [1.165, 1.54) is 44.9 Å². The van der Waals surface area contributed by atoms with Crippen LogP contribution in [0, 0.1) is 23.7 Å². The molecule has 2 aliphatic rings. The van der Waals surface area contributed by atoms with Gasteiger partial charge in [0.05, 0.1) is 0 Å². The Labute approximate surface area is 94.1 Å². The molecular formula is C15H22. The van der Waals surface area contributed by atoms with E-state index in [-0.39, 0.29) is 0 Å². The second kappa shape index (κ2) is 5.40. The van der Waals surface area contributed by atoms with E-state index in [4.69, 9.17) is 0 Å². The Bertz CT molecular complexity index is 273. The fourth-order valence-electron chi connectivity index (χ4n) is 2.75. The summed E-state index contributed by atoms with van der Waals surface area (Å²) in [5.74, 6) is 8.42. The van der Waals surface area contributed by atoms with Crippen LogP contribution in [0.15, 0.2) is 11.6 Å². The maximum Gasteiger partial charge on any atom is 0.00922 e. The third kappa shape index (κ3) is 2.88. The predicted molar refractivity (Wildman–Crippen MR) is 65.4 cm³/mol. The third-order valence-corrected chi connectivity index (χ3v) is 3.76. The molecule has 2 rings (SSSR count). The smallest absolute Gasteiger partial charge is 0.00922 e. The molecule has 0 spiro atoms. The molecule has 0 N–H and O–H groups in total. The molecular weight excluding hydrogens is 180 g/mol. The molecule has 2 atom stereocenters. The van der Waals surface area contributed by atoms with Crippen LogP contribution in [0.4, 0.5) is 0 Å². The number of fused-ring (bicyclic) bond motifs is 1. The van der Waals surface area contributed by atoms with Crippen LogP contribution in [0.3, 0.4) is 0 Å². The molecule has 0 heterocycles. The van der Waals surface area contributed by atoms with E-state index >= 15 is 0 Å². The maximum atomic E-state index is 3.27. The van der Waals surface area contributed by atoms with Gasteiger partial charge in [-0.2, -0.15) is 0 Å². The van der Waals surface area contributed by atoms with Crippen molar-refractivity contribution < 1.29 is 0 Å². The molecule has 0 saturated heterocycles. The number of hydrogen-bond acceptors (Lipinski definition) is 0. The molecule has 0 radical (unpaired) electrons. The summed E-state index contributed by atoms with van der Waals surface area (Å²) in [6, 6.07) is 0. The van der Waals surface area contributed by atoms with Crippen molar-refractivity contribution in [1.29, 1.82) is 0 Å². The van der Waals surface area contributed by atoms with E-state index in [1.54, 1.807) is 5.57 Å².